The summed E-state index contributed by atoms with van der Waals surface area (Å²) in [5.41, 5.74) is 0. The molecule has 0 aromatic rings. The average molecular weight is 291 g/mol. The summed E-state index contributed by atoms with van der Waals surface area (Å²) in [6.07, 6.45) is 2.03. The zero-order valence-electron chi connectivity index (χ0n) is 12.9. The molecule has 1 saturated heterocycles. The Morgan fingerprint density at radius 3 is 2.53 bits per heavy atom. The highest BCUT2D eigenvalue weighted by Gasteiger charge is 2.32. The number of hydrogen-bond acceptors (Lipinski definition) is 4. The third kappa shape index (κ3) is 4.70. The van der Waals surface area contributed by atoms with Crippen LogP contribution in [0.1, 0.15) is 33.6 Å². The molecule has 0 aromatic heterocycles. The van der Waals surface area contributed by atoms with E-state index in [1.165, 1.54) is 0 Å². The Morgan fingerprint density at radius 1 is 1.37 bits per heavy atom. The molecule has 0 amide bonds. The Hall–Kier alpha value is -0.170. The lowest BCUT2D eigenvalue weighted by molar-refractivity contribution is 0.187. The van der Waals surface area contributed by atoms with Crippen LogP contribution in [0.4, 0.5) is 0 Å². The van der Waals surface area contributed by atoms with Crippen LogP contribution < -0.4 is 5.32 Å². The second-order valence-electron chi connectivity index (χ2n) is 5.99. The van der Waals surface area contributed by atoms with Gasteiger partial charge in [-0.15, -0.1) is 0 Å². The molecule has 1 aliphatic heterocycles. The predicted molar refractivity (Wildman–Crippen MR) is 79.8 cm³/mol. The number of likely N-dealkylation sites (tertiary alicyclic amines) is 1. The van der Waals surface area contributed by atoms with Crippen LogP contribution in [0.15, 0.2) is 0 Å². The molecule has 19 heavy (non-hydrogen) atoms. The molecule has 0 bridgehead atoms. The molecule has 5 nitrogen and oxygen atoms in total. The van der Waals surface area contributed by atoms with E-state index in [0.717, 1.165) is 25.9 Å². The maximum atomic E-state index is 12.5. The lowest BCUT2D eigenvalue weighted by atomic mass is 10.1. The zero-order valence-corrected chi connectivity index (χ0v) is 13.7. The number of piperidine rings is 1. The van der Waals surface area contributed by atoms with Crippen LogP contribution >= 0.6 is 0 Å². The molecular formula is C13H29N3O2S. The van der Waals surface area contributed by atoms with Crippen molar-refractivity contribution < 1.29 is 8.42 Å². The van der Waals surface area contributed by atoms with Crippen molar-refractivity contribution in [1.29, 1.82) is 0 Å². The fraction of sp³-hybridized carbons (Fsp3) is 1.00. The van der Waals surface area contributed by atoms with Gasteiger partial charge in [-0.05, 0) is 33.4 Å². The van der Waals surface area contributed by atoms with E-state index in [0.29, 0.717) is 12.6 Å². The standard InChI is InChI=1S/C13H29N3O2S/c1-11(2)14-9-12(3)19(17,18)16(5)13-7-6-8-15(4)10-13/h11-14H,6-10H2,1-5H3. The number of nitrogens with one attached hydrogen (secondary N) is 1. The van der Waals surface area contributed by atoms with E-state index >= 15 is 0 Å². The summed E-state index contributed by atoms with van der Waals surface area (Å²) in [6, 6.07) is 0.425. The number of sulfonamides is 1. The minimum absolute atomic E-state index is 0.116. The quantitative estimate of drug-likeness (QED) is 0.784. The highest BCUT2D eigenvalue weighted by Crippen LogP contribution is 2.18. The first-order chi connectivity index (χ1) is 8.75. The number of hydrogen-bond donors (Lipinski definition) is 1. The lowest BCUT2D eigenvalue weighted by Gasteiger charge is -2.36. The first-order valence-corrected chi connectivity index (χ1v) is 8.64. The minimum atomic E-state index is -3.21. The van der Waals surface area contributed by atoms with Crippen molar-refractivity contribution in [3.8, 4) is 0 Å². The lowest BCUT2D eigenvalue weighted by Crippen LogP contribution is -2.51. The van der Waals surface area contributed by atoms with Crippen LogP contribution in [0.5, 0.6) is 0 Å². The van der Waals surface area contributed by atoms with Gasteiger partial charge in [0.05, 0.1) is 5.25 Å². The van der Waals surface area contributed by atoms with Gasteiger partial charge in [-0.1, -0.05) is 13.8 Å². The van der Waals surface area contributed by atoms with Crippen LogP contribution in [0.3, 0.4) is 0 Å². The zero-order chi connectivity index (χ0) is 14.6. The Bertz CT molecular complexity index is 370. The highest BCUT2D eigenvalue weighted by atomic mass is 32.2. The number of nitrogens with zero attached hydrogens (tertiary/aromatic N) is 2. The summed E-state index contributed by atoms with van der Waals surface area (Å²) in [6.45, 7) is 8.24. The van der Waals surface area contributed by atoms with Crippen molar-refractivity contribution in [1.82, 2.24) is 14.5 Å². The molecule has 0 aliphatic carbocycles. The Balaban J connectivity index is 2.64. The topological polar surface area (TPSA) is 52.7 Å². The van der Waals surface area contributed by atoms with E-state index in [-0.39, 0.29) is 11.3 Å². The molecule has 1 heterocycles. The van der Waals surface area contributed by atoms with E-state index in [4.69, 9.17) is 0 Å². The highest BCUT2D eigenvalue weighted by molar-refractivity contribution is 7.89. The van der Waals surface area contributed by atoms with Crippen LogP contribution in [0.25, 0.3) is 0 Å². The summed E-state index contributed by atoms with van der Waals surface area (Å²) in [7, 11) is 0.566. The Kier molecular flexibility index (Phi) is 6.23. The van der Waals surface area contributed by atoms with Crippen molar-refractivity contribution in [3.63, 3.8) is 0 Å². The van der Waals surface area contributed by atoms with Gasteiger partial charge >= 0.3 is 0 Å². The van der Waals surface area contributed by atoms with Gasteiger partial charge in [-0.2, -0.15) is 0 Å². The SMILES string of the molecule is CC(C)NCC(C)S(=O)(=O)N(C)C1CCCN(C)C1. The predicted octanol–water partition coefficient (Wildman–Crippen LogP) is 0.729. The molecule has 1 fully saturated rings. The van der Waals surface area contributed by atoms with Crippen molar-refractivity contribution in [2.45, 2.75) is 50.9 Å². The van der Waals surface area contributed by atoms with E-state index in [9.17, 15) is 8.42 Å². The third-order valence-corrected chi connectivity index (χ3v) is 6.12. The van der Waals surface area contributed by atoms with Crippen LogP contribution in [0.2, 0.25) is 0 Å². The Morgan fingerprint density at radius 2 is 2.00 bits per heavy atom. The van der Waals surface area contributed by atoms with E-state index in [1.54, 1.807) is 18.3 Å². The smallest absolute Gasteiger partial charge is 0.218 e. The second kappa shape index (κ2) is 7.02. The molecule has 0 saturated carbocycles. The van der Waals surface area contributed by atoms with Gasteiger partial charge in [0.15, 0.2) is 0 Å². The van der Waals surface area contributed by atoms with Gasteiger partial charge in [0.2, 0.25) is 10.0 Å². The fourth-order valence-corrected chi connectivity index (χ4v) is 3.90. The average Bonchev–Trinajstić information content (AvgIpc) is 2.34. The van der Waals surface area contributed by atoms with E-state index in [1.807, 2.05) is 13.8 Å². The maximum absolute atomic E-state index is 12.5. The van der Waals surface area contributed by atoms with Gasteiger partial charge in [-0.25, -0.2) is 12.7 Å². The van der Waals surface area contributed by atoms with Crippen molar-refractivity contribution in [2.24, 2.45) is 0 Å². The molecule has 1 aliphatic rings. The minimum Gasteiger partial charge on any atom is -0.313 e. The molecule has 0 spiro atoms. The monoisotopic (exact) mass is 291 g/mol. The molecule has 2 unspecified atom stereocenters. The van der Waals surface area contributed by atoms with Crippen molar-refractivity contribution in [3.05, 3.63) is 0 Å². The van der Waals surface area contributed by atoms with E-state index < -0.39 is 10.0 Å². The van der Waals surface area contributed by atoms with Crippen LogP contribution in [-0.4, -0.2) is 68.7 Å². The van der Waals surface area contributed by atoms with Gasteiger partial charge in [0, 0.05) is 32.2 Å². The summed E-state index contributed by atoms with van der Waals surface area (Å²) >= 11 is 0. The van der Waals surface area contributed by atoms with Gasteiger partial charge in [-0.3, -0.25) is 0 Å². The normalized spacial score (nSPS) is 24.1. The van der Waals surface area contributed by atoms with Crippen LogP contribution in [0, 0.1) is 0 Å². The largest absolute Gasteiger partial charge is 0.313 e. The molecule has 1 N–H and O–H groups in total. The molecule has 2 atom stereocenters. The summed E-state index contributed by atoms with van der Waals surface area (Å²) in [5, 5.41) is 2.82. The van der Waals surface area contributed by atoms with E-state index in [2.05, 4.69) is 17.3 Å². The summed E-state index contributed by atoms with van der Waals surface area (Å²) < 4.78 is 26.6. The number of likely N-dealkylation sites (N-methyl/N-ethyl adjacent to an activating group) is 2. The van der Waals surface area contributed by atoms with Gasteiger partial charge < -0.3 is 10.2 Å². The molecule has 0 radical (unpaired) electrons. The molecular weight excluding hydrogens is 262 g/mol. The summed E-state index contributed by atoms with van der Waals surface area (Å²) in [4.78, 5) is 2.21. The first-order valence-electron chi connectivity index (χ1n) is 7.14. The second-order valence-corrected chi connectivity index (χ2v) is 8.40. The van der Waals surface area contributed by atoms with Crippen molar-refractivity contribution >= 4 is 10.0 Å². The first kappa shape index (κ1) is 16.9. The van der Waals surface area contributed by atoms with Gasteiger partial charge in [0.1, 0.15) is 0 Å². The molecule has 0 aromatic carbocycles. The van der Waals surface area contributed by atoms with Crippen molar-refractivity contribution in [2.75, 3.05) is 33.7 Å². The van der Waals surface area contributed by atoms with Crippen LogP contribution in [-0.2, 0) is 10.0 Å². The maximum Gasteiger partial charge on any atom is 0.218 e. The fourth-order valence-electron chi connectivity index (χ4n) is 2.43. The number of rotatable bonds is 6. The molecule has 6 heteroatoms. The van der Waals surface area contributed by atoms with Gasteiger partial charge in [0.25, 0.3) is 0 Å². The summed E-state index contributed by atoms with van der Waals surface area (Å²) in [5.74, 6) is 0. The molecule has 1 rings (SSSR count). The third-order valence-electron chi connectivity index (χ3n) is 3.84. The Labute approximate surface area is 118 Å². The molecule has 114 valence electrons.